The summed E-state index contributed by atoms with van der Waals surface area (Å²) in [7, 11) is 0. The quantitative estimate of drug-likeness (QED) is 0.910. The van der Waals surface area contributed by atoms with Crippen molar-refractivity contribution in [1.82, 2.24) is 4.90 Å². The molecule has 1 aromatic rings. The molecule has 1 fully saturated rings. The summed E-state index contributed by atoms with van der Waals surface area (Å²) < 4.78 is 0. The Balaban J connectivity index is 2.27. The molecule has 0 radical (unpaired) electrons. The third kappa shape index (κ3) is 3.43. The summed E-state index contributed by atoms with van der Waals surface area (Å²) >= 11 is 12.5. The normalized spacial score (nSPS) is 21.3. The number of nitrogens with zero attached hydrogens (tertiary/aromatic N) is 1. The number of hydrogen-bond acceptors (Lipinski definition) is 2. The second kappa shape index (κ2) is 6.01. The second-order valence-corrected chi connectivity index (χ2v) is 6.92. The molecule has 2 nitrogen and oxygen atoms in total. The summed E-state index contributed by atoms with van der Waals surface area (Å²) in [5.74, 6) is 0. The van der Waals surface area contributed by atoms with Crippen molar-refractivity contribution >= 4 is 23.2 Å². The molecular formula is C15H22Cl2N2. The van der Waals surface area contributed by atoms with Crippen LogP contribution >= 0.6 is 23.2 Å². The van der Waals surface area contributed by atoms with Crippen LogP contribution in [0.25, 0.3) is 0 Å². The van der Waals surface area contributed by atoms with Gasteiger partial charge in [0, 0.05) is 19.1 Å². The summed E-state index contributed by atoms with van der Waals surface area (Å²) in [5, 5.41) is 1.25. The van der Waals surface area contributed by atoms with Crippen molar-refractivity contribution in [2.24, 2.45) is 11.1 Å². The average Bonchev–Trinajstić information content (AvgIpc) is 2.34. The van der Waals surface area contributed by atoms with E-state index in [1.807, 2.05) is 18.2 Å². The Morgan fingerprint density at radius 2 is 2.11 bits per heavy atom. The number of piperidine rings is 1. The molecule has 2 rings (SSSR count). The largest absolute Gasteiger partial charge is 0.329 e. The van der Waals surface area contributed by atoms with Gasteiger partial charge in [-0.3, -0.25) is 4.90 Å². The molecule has 19 heavy (non-hydrogen) atoms. The number of hydrogen-bond donors (Lipinski definition) is 1. The molecule has 0 aromatic heterocycles. The van der Waals surface area contributed by atoms with Crippen LogP contribution < -0.4 is 5.73 Å². The van der Waals surface area contributed by atoms with Crippen LogP contribution in [0.2, 0.25) is 10.0 Å². The van der Waals surface area contributed by atoms with E-state index < -0.39 is 0 Å². The zero-order valence-electron chi connectivity index (χ0n) is 11.6. The topological polar surface area (TPSA) is 29.3 Å². The Morgan fingerprint density at radius 3 is 2.74 bits per heavy atom. The maximum Gasteiger partial charge on any atom is 0.0640 e. The highest BCUT2D eigenvalue weighted by Gasteiger charge is 2.31. The van der Waals surface area contributed by atoms with Gasteiger partial charge in [0.1, 0.15) is 0 Å². The Kier molecular flexibility index (Phi) is 4.78. The molecular weight excluding hydrogens is 279 g/mol. The monoisotopic (exact) mass is 300 g/mol. The molecule has 1 unspecified atom stereocenters. The highest BCUT2D eigenvalue weighted by atomic mass is 35.5. The van der Waals surface area contributed by atoms with Crippen LogP contribution in [0.4, 0.5) is 0 Å². The van der Waals surface area contributed by atoms with Gasteiger partial charge in [-0.2, -0.15) is 0 Å². The lowest BCUT2D eigenvalue weighted by molar-refractivity contribution is 0.0807. The van der Waals surface area contributed by atoms with Crippen molar-refractivity contribution in [3.63, 3.8) is 0 Å². The van der Waals surface area contributed by atoms with Crippen LogP contribution in [-0.2, 0) is 0 Å². The van der Waals surface area contributed by atoms with Gasteiger partial charge in [-0.05, 0) is 36.4 Å². The Morgan fingerprint density at radius 1 is 1.37 bits per heavy atom. The van der Waals surface area contributed by atoms with E-state index in [9.17, 15) is 0 Å². The van der Waals surface area contributed by atoms with Crippen molar-refractivity contribution in [3.8, 4) is 0 Å². The van der Waals surface area contributed by atoms with Crippen molar-refractivity contribution in [3.05, 3.63) is 33.8 Å². The zero-order valence-corrected chi connectivity index (χ0v) is 13.1. The van der Waals surface area contributed by atoms with Crippen LogP contribution in [0.15, 0.2) is 18.2 Å². The predicted octanol–water partition coefficient (Wildman–Crippen LogP) is 4.12. The summed E-state index contributed by atoms with van der Waals surface area (Å²) in [5.41, 5.74) is 7.39. The molecule has 0 amide bonds. The van der Waals surface area contributed by atoms with Crippen LogP contribution in [0, 0.1) is 5.41 Å². The summed E-state index contributed by atoms with van der Waals surface area (Å²) in [4.78, 5) is 2.45. The second-order valence-electron chi connectivity index (χ2n) is 6.13. The van der Waals surface area contributed by atoms with E-state index in [-0.39, 0.29) is 6.04 Å². The molecule has 1 aliphatic rings. The van der Waals surface area contributed by atoms with E-state index >= 15 is 0 Å². The smallest absolute Gasteiger partial charge is 0.0640 e. The summed E-state index contributed by atoms with van der Waals surface area (Å²) in [6.07, 6.45) is 2.48. The Labute approximate surface area is 125 Å². The van der Waals surface area contributed by atoms with Crippen molar-refractivity contribution in [1.29, 1.82) is 0 Å². The molecule has 0 bridgehead atoms. The summed E-state index contributed by atoms with van der Waals surface area (Å²) in [6, 6.07) is 5.96. The molecule has 0 spiro atoms. The van der Waals surface area contributed by atoms with Crippen LogP contribution in [0.5, 0.6) is 0 Å². The van der Waals surface area contributed by atoms with Gasteiger partial charge in [-0.15, -0.1) is 0 Å². The van der Waals surface area contributed by atoms with Crippen molar-refractivity contribution in [2.75, 3.05) is 19.6 Å². The minimum absolute atomic E-state index is 0.158. The van der Waals surface area contributed by atoms with E-state index in [2.05, 4.69) is 18.7 Å². The van der Waals surface area contributed by atoms with Gasteiger partial charge in [-0.1, -0.05) is 49.2 Å². The van der Waals surface area contributed by atoms with E-state index in [0.717, 1.165) is 18.7 Å². The molecule has 1 atom stereocenters. The first kappa shape index (κ1) is 15.1. The average molecular weight is 301 g/mol. The number of likely N-dealkylation sites (tertiary alicyclic amines) is 1. The zero-order chi connectivity index (χ0) is 14.0. The molecule has 2 N–H and O–H groups in total. The van der Waals surface area contributed by atoms with Crippen LogP contribution in [0.3, 0.4) is 0 Å². The number of benzene rings is 1. The summed E-state index contributed by atoms with van der Waals surface area (Å²) in [6.45, 7) is 7.32. The first-order valence-electron chi connectivity index (χ1n) is 6.82. The molecule has 1 aromatic carbocycles. The van der Waals surface area contributed by atoms with Gasteiger partial charge in [0.05, 0.1) is 10.0 Å². The molecule has 1 saturated heterocycles. The van der Waals surface area contributed by atoms with Gasteiger partial charge in [0.25, 0.3) is 0 Å². The maximum absolute atomic E-state index is 6.34. The van der Waals surface area contributed by atoms with E-state index in [0.29, 0.717) is 22.0 Å². The minimum Gasteiger partial charge on any atom is -0.329 e. The van der Waals surface area contributed by atoms with Gasteiger partial charge >= 0.3 is 0 Å². The fourth-order valence-electron chi connectivity index (χ4n) is 2.99. The van der Waals surface area contributed by atoms with E-state index in [4.69, 9.17) is 28.9 Å². The van der Waals surface area contributed by atoms with E-state index in [1.165, 1.54) is 12.8 Å². The Bertz CT molecular complexity index is 446. The highest BCUT2D eigenvalue weighted by Crippen LogP contribution is 2.37. The fraction of sp³-hybridized carbons (Fsp3) is 0.600. The van der Waals surface area contributed by atoms with E-state index in [1.54, 1.807) is 0 Å². The first-order valence-corrected chi connectivity index (χ1v) is 7.58. The van der Waals surface area contributed by atoms with Gasteiger partial charge in [0.15, 0.2) is 0 Å². The van der Waals surface area contributed by atoms with Crippen molar-refractivity contribution in [2.45, 2.75) is 32.7 Å². The SMILES string of the molecule is CC1(C)CCCN(C(CN)c2cccc(Cl)c2Cl)C1. The standard InChI is InChI=1S/C15H22Cl2N2/c1-15(2)7-4-8-19(10-15)13(9-18)11-5-3-6-12(16)14(11)17/h3,5-6,13H,4,7-10,18H2,1-2H3. The predicted molar refractivity (Wildman–Crippen MR) is 82.8 cm³/mol. The number of halogens is 2. The van der Waals surface area contributed by atoms with Crippen LogP contribution in [-0.4, -0.2) is 24.5 Å². The highest BCUT2D eigenvalue weighted by molar-refractivity contribution is 6.42. The van der Waals surface area contributed by atoms with Crippen LogP contribution in [0.1, 0.15) is 38.3 Å². The lowest BCUT2D eigenvalue weighted by atomic mass is 9.83. The molecule has 0 saturated carbocycles. The van der Waals surface area contributed by atoms with Gasteiger partial charge in [-0.25, -0.2) is 0 Å². The Hall–Kier alpha value is -0.280. The molecule has 1 aliphatic heterocycles. The molecule has 106 valence electrons. The number of nitrogens with two attached hydrogens (primary N) is 1. The fourth-order valence-corrected chi connectivity index (χ4v) is 3.42. The lowest BCUT2D eigenvalue weighted by Crippen LogP contribution is -2.44. The first-order chi connectivity index (χ1) is 8.94. The third-order valence-electron chi connectivity index (χ3n) is 3.93. The lowest BCUT2D eigenvalue weighted by Gasteiger charge is -2.42. The molecule has 4 heteroatoms. The van der Waals surface area contributed by atoms with Gasteiger partial charge < -0.3 is 5.73 Å². The molecule has 0 aliphatic carbocycles. The number of rotatable bonds is 3. The maximum atomic E-state index is 6.34. The van der Waals surface area contributed by atoms with Gasteiger partial charge in [0.2, 0.25) is 0 Å². The molecule has 1 heterocycles. The van der Waals surface area contributed by atoms with Crippen molar-refractivity contribution < 1.29 is 0 Å². The minimum atomic E-state index is 0.158. The third-order valence-corrected chi connectivity index (χ3v) is 4.77.